The highest BCUT2D eigenvalue weighted by atomic mass is 32.2. The Morgan fingerprint density at radius 3 is 2.62 bits per heavy atom. The van der Waals surface area contributed by atoms with Crippen LogP contribution in [0.3, 0.4) is 0 Å². The van der Waals surface area contributed by atoms with Gasteiger partial charge in [0.1, 0.15) is 12.4 Å². The summed E-state index contributed by atoms with van der Waals surface area (Å²) in [6.07, 6.45) is 3.38. The van der Waals surface area contributed by atoms with E-state index in [-0.39, 0.29) is 5.91 Å². The zero-order valence-electron chi connectivity index (χ0n) is 18.1. The molecule has 1 aliphatic rings. The van der Waals surface area contributed by atoms with Gasteiger partial charge in [0.05, 0.1) is 5.75 Å². The number of ether oxygens (including phenoxy) is 1. The van der Waals surface area contributed by atoms with Crippen molar-refractivity contribution in [2.45, 2.75) is 84.3 Å². The fourth-order valence-electron chi connectivity index (χ4n) is 3.99. The first-order chi connectivity index (χ1) is 13.9. The number of piperidine rings is 1. The average molecular weight is 417 g/mol. The lowest BCUT2D eigenvalue weighted by Crippen LogP contribution is -2.48. The van der Waals surface area contributed by atoms with E-state index in [2.05, 4.69) is 50.9 Å². The van der Waals surface area contributed by atoms with Gasteiger partial charge >= 0.3 is 0 Å². The van der Waals surface area contributed by atoms with Gasteiger partial charge < -0.3 is 14.2 Å². The van der Waals surface area contributed by atoms with Crippen LogP contribution in [0.1, 0.15) is 57.0 Å². The number of thioether (sulfide) groups is 1. The number of amides is 1. The molecule has 1 aromatic carbocycles. The number of nitrogens with zero attached hydrogens (tertiary/aromatic N) is 4. The first-order valence-corrected chi connectivity index (χ1v) is 11.5. The molecule has 7 heteroatoms. The third kappa shape index (κ3) is 4.94. The Balaban J connectivity index is 1.63. The third-order valence-corrected chi connectivity index (χ3v) is 6.78. The molecule has 0 spiro atoms. The van der Waals surface area contributed by atoms with E-state index in [0.29, 0.717) is 24.4 Å². The summed E-state index contributed by atoms with van der Waals surface area (Å²) in [6.45, 7) is 11.6. The average Bonchev–Trinajstić information content (AvgIpc) is 3.09. The second-order valence-corrected chi connectivity index (χ2v) is 8.79. The minimum atomic E-state index is 0.188. The Bertz CT molecular complexity index is 841. The number of aromatic nitrogens is 3. The molecule has 1 saturated heterocycles. The number of hydrogen-bond donors (Lipinski definition) is 0. The molecular formula is C22H32N4O2S. The maximum atomic E-state index is 12.8. The van der Waals surface area contributed by atoms with Gasteiger partial charge in [-0.1, -0.05) is 23.9 Å². The van der Waals surface area contributed by atoms with E-state index in [0.717, 1.165) is 41.7 Å². The van der Waals surface area contributed by atoms with E-state index < -0.39 is 0 Å². The van der Waals surface area contributed by atoms with E-state index in [4.69, 9.17) is 4.74 Å². The molecule has 158 valence electrons. The Morgan fingerprint density at radius 1 is 1.21 bits per heavy atom. The number of likely N-dealkylation sites (tertiary alicyclic amines) is 1. The number of carbonyl (C=O) groups is 1. The molecule has 0 aliphatic carbocycles. The molecule has 0 N–H and O–H groups in total. The van der Waals surface area contributed by atoms with Gasteiger partial charge in [-0.3, -0.25) is 4.79 Å². The lowest BCUT2D eigenvalue weighted by Gasteiger charge is -2.39. The van der Waals surface area contributed by atoms with Gasteiger partial charge in [0, 0.05) is 18.6 Å². The van der Waals surface area contributed by atoms with Crippen LogP contribution >= 0.6 is 11.8 Å². The van der Waals surface area contributed by atoms with E-state index in [9.17, 15) is 4.79 Å². The van der Waals surface area contributed by atoms with Crippen LogP contribution in [0.5, 0.6) is 5.75 Å². The summed E-state index contributed by atoms with van der Waals surface area (Å²) < 4.78 is 8.03. The zero-order chi connectivity index (χ0) is 21.0. The summed E-state index contributed by atoms with van der Waals surface area (Å²) in [5.74, 6) is 2.23. The molecule has 0 bridgehead atoms. The van der Waals surface area contributed by atoms with Gasteiger partial charge in [-0.2, -0.15) is 0 Å². The molecule has 6 nitrogen and oxygen atoms in total. The summed E-state index contributed by atoms with van der Waals surface area (Å²) in [5, 5.41) is 9.41. The lowest BCUT2D eigenvalue weighted by atomic mass is 9.98. The molecule has 1 amide bonds. The van der Waals surface area contributed by atoms with Crippen LogP contribution in [-0.4, -0.2) is 43.4 Å². The number of carbonyl (C=O) groups excluding carboxylic acids is 1. The van der Waals surface area contributed by atoms with Crippen LogP contribution in [0.4, 0.5) is 0 Å². The van der Waals surface area contributed by atoms with Crippen LogP contribution < -0.4 is 4.74 Å². The Morgan fingerprint density at radius 2 is 1.93 bits per heavy atom. The molecule has 0 saturated carbocycles. The number of benzene rings is 1. The minimum Gasteiger partial charge on any atom is -0.485 e. The summed E-state index contributed by atoms with van der Waals surface area (Å²) in [4.78, 5) is 14.9. The van der Waals surface area contributed by atoms with Crippen LogP contribution in [0.25, 0.3) is 0 Å². The van der Waals surface area contributed by atoms with Crippen LogP contribution in [0.2, 0.25) is 0 Å². The van der Waals surface area contributed by atoms with E-state index in [1.807, 2.05) is 21.6 Å². The maximum absolute atomic E-state index is 12.8. The van der Waals surface area contributed by atoms with E-state index >= 15 is 0 Å². The van der Waals surface area contributed by atoms with Crippen molar-refractivity contribution >= 4 is 17.7 Å². The quantitative estimate of drug-likeness (QED) is 0.627. The van der Waals surface area contributed by atoms with Crippen molar-refractivity contribution in [2.24, 2.45) is 0 Å². The minimum absolute atomic E-state index is 0.188. The van der Waals surface area contributed by atoms with Gasteiger partial charge in [0.15, 0.2) is 11.0 Å². The van der Waals surface area contributed by atoms with Crippen molar-refractivity contribution in [1.29, 1.82) is 0 Å². The van der Waals surface area contributed by atoms with Crippen molar-refractivity contribution in [3.63, 3.8) is 0 Å². The van der Waals surface area contributed by atoms with Gasteiger partial charge in [0.25, 0.3) is 0 Å². The topological polar surface area (TPSA) is 60.2 Å². The summed E-state index contributed by atoms with van der Waals surface area (Å²) in [6, 6.07) is 6.68. The predicted molar refractivity (Wildman–Crippen MR) is 116 cm³/mol. The number of hydrogen-bond acceptors (Lipinski definition) is 5. The first-order valence-electron chi connectivity index (χ1n) is 10.5. The highest BCUT2D eigenvalue weighted by molar-refractivity contribution is 7.99. The molecule has 1 fully saturated rings. The van der Waals surface area contributed by atoms with Crippen LogP contribution in [0, 0.1) is 13.8 Å². The highest BCUT2D eigenvalue weighted by Gasteiger charge is 2.29. The van der Waals surface area contributed by atoms with Gasteiger partial charge in [-0.05, 0) is 71.1 Å². The molecule has 0 radical (unpaired) electrons. The Hall–Kier alpha value is -2.02. The monoisotopic (exact) mass is 416 g/mol. The molecule has 29 heavy (non-hydrogen) atoms. The normalized spacial score (nSPS) is 19.4. The standard InChI is InChI=1S/C22H32N4O2S/c1-6-25-20(13-28-19-12-7-9-15(2)18(19)5)23-24-22(25)29-14-21(27)26-16(3)10-8-11-17(26)4/h7,9,12,16-17H,6,8,10-11,13-14H2,1-5H3. The predicted octanol–water partition coefficient (Wildman–Crippen LogP) is 4.38. The number of rotatable bonds is 7. The highest BCUT2D eigenvalue weighted by Crippen LogP contribution is 2.26. The third-order valence-electron chi connectivity index (χ3n) is 5.83. The van der Waals surface area contributed by atoms with Crippen LogP contribution in [-0.2, 0) is 17.9 Å². The SMILES string of the molecule is CCn1c(COc2cccc(C)c2C)nnc1SCC(=O)N1C(C)CCCC1C. The maximum Gasteiger partial charge on any atom is 0.233 e. The Kier molecular flexibility index (Phi) is 7.22. The van der Waals surface area contributed by atoms with Gasteiger partial charge in [0.2, 0.25) is 5.91 Å². The van der Waals surface area contributed by atoms with Crippen molar-refractivity contribution in [1.82, 2.24) is 19.7 Å². The number of aryl methyl sites for hydroxylation is 1. The molecule has 1 aliphatic heterocycles. The van der Waals surface area contributed by atoms with Crippen molar-refractivity contribution in [3.05, 3.63) is 35.2 Å². The van der Waals surface area contributed by atoms with Crippen LogP contribution in [0.15, 0.2) is 23.4 Å². The fraction of sp³-hybridized carbons (Fsp3) is 0.591. The second-order valence-electron chi connectivity index (χ2n) is 7.85. The van der Waals surface area contributed by atoms with Gasteiger partial charge in [-0.25, -0.2) is 0 Å². The molecule has 2 aromatic rings. The second kappa shape index (κ2) is 9.65. The fourth-order valence-corrected chi connectivity index (χ4v) is 4.88. The molecule has 2 heterocycles. The van der Waals surface area contributed by atoms with E-state index in [1.54, 1.807) is 0 Å². The Labute approximate surface area is 178 Å². The van der Waals surface area contributed by atoms with Crippen molar-refractivity contribution in [3.8, 4) is 5.75 Å². The summed E-state index contributed by atoms with van der Waals surface area (Å²) >= 11 is 1.47. The molecule has 1 aromatic heterocycles. The summed E-state index contributed by atoms with van der Waals surface area (Å²) in [7, 11) is 0. The van der Waals surface area contributed by atoms with E-state index in [1.165, 1.54) is 23.7 Å². The molecule has 3 rings (SSSR count). The molecule has 2 unspecified atom stereocenters. The lowest BCUT2D eigenvalue weighted by molar-refractivity contribution is -0.134. The molecular weight excluding hydrogens is 384 g/mol. The molecule has 2 atom stereocenters. The van der Waals surface area contributed by atoms with Crippen molar-refractivity contribution in [2.75, 3.05) is 5.75 Å². The zero-order valence-corrected chi connectivity index (χ0v) is 19.0. The summed E-state index contributed by atoms with van der Waals surface area (Å²) in [5.41, 5.74) is 2.34. The van der Waals surface area contributed by atoms with Gasteiger partial charge in [-0.15, -0.1) is 10.2 Å². The first kappa shape index (κ1) is 21.7. The van der Waals surface area contributed by atoms with Crippen molar-refractivity contribution < 1.29 is 9.53 Å². The smallest absolute Gasteiger partial charge is 0.233 e. The largest absolute Gasteiger partial charge is 0.485 e.